The molecule has 0 amide bonds. The lowest BCUT2D eigenvalue weighted by Crippen LogP contribution is -2.24. The SMILES string of the molecule is COc1ccc(CCC(=O)O[C@H](C)C(=O)c2ccccc2)cc1. The average Bonchev–Trinajstić information content (AvgIpc) is 2.60. The number of aryl methyl sites for hydroxylation is 1. The van der Waals surface area contributed by atoms with E-state index in [-0.39, 0.29) is 18.2 Å². The number of methoxy groups -OCH3 is 1. The second kappa shape index (κ2) is 8.13. The summed E-state index contributed by atoms with van der Waals surface area (Å²) in [4.78, 5) is 24.0. The molecule has 0 spiro atoms. The third kappa shape index (κ3) is 4.95. The van der Waals surface area contributed by atoms with Crippen molar-refractivity contribution in [2.45, 2.75) is 25.9 Å². The van der Waals surface area contributed by atoms with Gasteiger partial charge in [-0.15, -0.1) is 0 Å². The van der Waals surface area contributed by atoms with Gasteiger partial charge in [0.05, 0.1) is 7.11 Å². The number of ether oxygens (including phenoxy) is 2. The molecule has 23 heavy (non-hydrogen) atoms. The largest absolute Gasteiger partial charge is 0.497 e. The van der Waals surface area contributed by atoms with E-state index in [0.717, 1.165) is 11.3 Å². The first kappa shape index (κ1) is 16.7. The molecule has 0 unspecified atom stereocenters. The van der Waals surface area contributed by atoms with Gasteiger partial charge in [0.15, 0.2) is 6.10 Å². The Balaban J connectivity index is 1.83. The molecule has 0 saturated heterocycles. The Hall–Kier alpha value is -2.62. The maximum absolute atomic E-state index is 12.1. The molecule has 4 heteroatoms. The standard InChI is InChI=1S/C19H20O4/c1-14(19(21)16-6-4-3-5-7-16)23-18(20)13-10-15-8-11-17(22-2)12-9-15/h3-9,11-12,14H,10,13H2,1-2H3/t14-/m1/s1. The summed E-state index contributed by atoms with van der Waals surface area (Å²) in [5.74, 6) is 0.208. The first-order valence-corrected chi connectivity index (χ1v) is 7.52. The predicted molar refractivity (Wildman–Crippen MR) is 87.6 cm³/mol. The second-order valence-corrected chi connectivity index (χ2v) is 5.21. The number of benzene rings is 2. The van der Waals surface area contributed by atoms with Crippen LogP contribution in [0.4, 0.5) is 0 Å². The zero-order valence-electron chi connectivity index (χ0n) is 13.3. The molecule has 0 heterocycles. The summed E-state index contributed by atoms with van der Waals surface area (Å²) in [5, 5.41) is 0. The molecule has 1 atom stereocenters. The summed E-state index contributed by atoms with van der Waals surface area (Å²) in [7, 11) is 1.61. The van der Waals surface area contributed by atoms with E-state index in [9.17, 15) is 9.59 Å². The molecule has 0 N–H and O–H groups in total. The number of esters is 1. The van der Waals surface area contributed by atoms with Crippen LogP contribution in [0.5, 0.6) is 5.75 Å². The number of ketones is 1. The van der Waals surface area contributed by atoms with Crippen LogP contribution in [0.1, 0.15) is 29.3 Å². The smallest absolute Gasteiger partial charge is 0.306 e. The Labute approximate surface area is 136 Å². The Morgan fingerprint density at radius 2 is 1.65 bits per heavy atom. The van der Waals surface area contributed by atoms with Crippen molar-refractivity contribution in [3.05, 3.63) is 65.7 Å². The highest BCUT2D eigenvalue weighted by molar-refractivity contribution is 6.00. The van der Waals surface area contributed by atoms with E-state index >= 15 is 0 Å². The highest BCUT2D eigenvalue weighted by atomic mass is 16.5. The summed E-state index contributed by atoms with van der Waals surface area (Å²) < 4.78 is 10.3. The molecule has 4 nitrogen and oxygen atoms in total. The maximum atomic E-state index is 12.1. The monoisotopic (exact) mass is 312 g/mol. The fourth-order valence-corrected chi connectivity index (χ4v) is 2.19. The van der Waals surface area contributed by atoms with Crippen molar-refractivity contribution in [2.24, 2.45) is 0 Å². The van der Waals surface area contributed by atoms with E-state index in [1.165, 1.54) is 0 Å². The number of carbonyl (C=O) groups excluding carboxylic acids is 2. The fraction of sp³-hybridized carbons (Fsp3) is 0.263. The highest BCUT2D eigenvalue weighted by Gasteiger charge is 2.19. The van der Waals surface area contributed by atoms with Gasteiger partial charge in [-0.05, 0) is 31.0 Å². The van der Waals surface area contributed by atoms with E-state index in [4.69, 9.17) is 9.47 Å². The quantitative estimate of drug-likeness (QED) is 0.580. The Morgan fingerprint density at radius 3 is 2.26 bits per heavy atom. The lowest BCUT2D eigenvalue weighted by atomic mass is 10.1. The number of hydrogen-bond acceptors (Lipinski definition) is 4. The van der Waals surface area contributed by atoms with Gasteiger partial charge in [0, 0.05) is 12.0 Å². The first-order valence-electron chi connectivity index (χ1n) is 7.52. The molecule has 0 aromatic heterocycles. The van der Waals surface area contributed by atoms with Crippen molar-refractivity contribution in [1.82, 2.24) is 0 Å². The van der Waals surface area contributed by atoms with Gasteiger partial charge in [-0.2, -0.15) is 0 Å². The third-order valence-electron chi connectivity index (χ3n) is 3.51. The summed E-state index contributed by atoms with van der Waals surface area (Å²) in [6.07, 6.45) is 0.0224. The van der Waals surface area contributed by atoms with Crippen molar-refractivity contribution in [1.29, 1.82) is 0 Å². The van der Waals surface area contributed by atoms with Crippen LogP contribution in [0.2, 0.25) is 0 Å². The van der Waals surface area contributed by atoms with Crippen molar-refractivity contribution < 1.29 is 19.1 Å². The van der Waals surface area contributed by atoms with E-state index in [2.05, 4.69) is 0 Å². The van der Waals surface area contributed by atoms with Gasteiger partial charge < -0.3 is 9.47 Å². The van der Waals surface area contributed by atoms with Crippen LogP contribution in [-0.2, 0) is 16.0 Å². The summed E-state index contributed by atoms with van der Waals surface area (Å²) in [5.41, 5.74) is 1.56. The van der Waals surface area contributed by atoms with Crippen LogP contribution in [0.25, 0.3) is 0 Å². The molecule has 0 radical (unpaired) electrons. The number of Topliss-reactive ketones (excluding diaryl/α,β-unsaturated/α-hetero) is 1. The van der Waals surface area contributed by atoms with E-state index in [1.54, 1.807) is 38.3 Å². The molecule has 0 fully saturated rings. The van der Waals surface area contributed by atoms with Gasteiger partial charge in [0.2, 0.25) is 5.78 Å². The molecule has 0 saturated carbocycles. The van der Waals surface area contributed by atoms with Gasteiger partial charge in [-0.3, -0.25) is 9.59 Å². The summed E-state index contributed by atoms with van der Waals surface area (Å²) in [6.45, 7) is 1.60. The van der Waals surface area contributed by atoms with Crippen molar-refractivity contribution >= 4 is 11.8 Å². The molecule has 120 valence electrons. The van der Waals surface area contributed by atoms with Gasteiger partial charge >= 0.3 is 5.97 Å². The minimum atomic E-state index is -0.777. The molecule has 0 aliphatic carbocycles. The summed E-state index contributed by atoms with van der Waals surface area (Å²) >= 11 is 0. The third-order valence-corrected chi connectivity index (χ3v) is 3.51. The summed E-state index contributed by atoms with van der Waals surface area (Å²) in [6, 6.07) is 16.3. The average molecular weight is 312 g/mol. The van der Waals surface area contributed by atoms with Crippen LogP contribution in [0.15, 0.2) is 54.6 Å². The zero-order chi connectivity index (χ0) is 16.7. The molecule has 0 bridgehead atoms. The predicted octanol–water partition coefficient (Wildman–Crippen LogP) is 3.44. The van der Waals surface area contributed by atoms with Gasteiger partial charge in [0.25, 0.3) is 0 Å². The van der Waals surface area contributed by atoms with E-state index < -0.39 is 6.10 Å². The fourth-order valence-electron chi connectivity index (χ4n) is 2.19. The van der Waals surface area contributed by atoms with Crippen molar-refractivity contribution in [3.63, 3.8) is 0 Å². The van der Waals surface area contributed by atoms with E-state index in [1.807, 2.05) is 30.3 Å². The first-order chi connectivity index (χ1) is 11.1. The second-order valence-electron chi connectivity index (χ2n) is 5.21. The highest BCUT2D eigenvalue weighted by Crippen LogP contribution is 2.13. The molecule has 2 aromatic carbocycles. The Kier molecular flexibility index (Phi) is 5.92. The van der Waals surface area contributed by atoms with Gasteiger partial charge in [-0.1, -0.05) is 42.5 Å². The van der Waals surface area contributed by atoms with Crippen LogP contribution in [0, 0.1) is 0 Å². The molecular weight excluding hydrogens is 292 g/mol. The van der Waals surface area contributed by atoms with Crippen LogP contribution < -0.4 is 4.74 Å². The number of carbonyl (C=O) groups is 2. The minimum Gasteiger partial charge on any atom is -0.497 e. The number of hydrogen-bond donors (Lipinski definition) is 0. The van der Waals surface area contributed by atoms with E-state index in [0.29, 0.717) is 12.0 Å². The zero-order valence-corrected chi connectivity index (χ0v) is 13.3. The van der Waals surface area contributed by atoms with Crippen LogP contribution in [-0.4, -0.2) is 25.0 Å². The molecule has 2 rings (SSSR count). The van der Waals surface area contributed by atoms with Gasteiger partial charge in [-0.25, -0.2) is 0 Å². The Morgan fingerprint density at radius 1 is 1.00 bits per heavy atom. The van der Waals surface area contributed by atoms with Crippen LogP contribution >= 0.6 is 0 Å². The minimum absolute atomic E-state index is 0.191. The number of rotatable bonds is 7. The van der Waals surface area contributed by atoms with Gasteiger partial charge in [0.1, 0.15) is 5.75 Å². The maximum Gasteiger partial charge on any atom is 0.306 e. The molecule has 0 aliphatic rings. The van der Waals surface area contributed by atoms with Crippen molar-refractivity contribution in [2.75, 3.05) is 7.11 Å². The molecule has 2 aromatic rings. The lowest BCUT2D eigenvalue weighted by Gasteiger charge is -2.12. The normalized spacial score (nSPS) is 11.6. The topological polar surface area (TPSA) is 52.6 Å². The Bertz CT molecular complexity index is 647. The van der Waals surface area contributed by atoms with Crippen molar-refractivity contribution in [3.8, 4) is 5.75 Å². The molecular formula is C19H20O4. The lowest BCUT2D eigenvalue weighted by molar-refractivity contribution is -0.146. The van der Waals surface area contributed by atoms with Crippen LogP contribution in [0.3, 0.4) is 0 Å². The molecule has 0 aliphatic heterocycles.